The number of hydrogen-bond acceptors (Lipinski definition) is 3. The Balaban J connectivity index is 1.62. The molecular weight excluding hydrogens is 228 g/mol. The number of nitrogens with one attached hydrogen (secondary N) is 1. The zero-order valence-corrected chi connectivity index (χ0v) is 11.5. The van der Waals surface area contributed by atoms with Gasteiger partial charge in [-0.2, -0.15) is 0 Å². The first-order valence-electron chi connectivity index (χ1n) is 7.11. The van der Waals surface area contributed by atoms with Crippen LogP contribution < -0.4 is 5.32 Å². The Labute approximate surface area is 109 Å². The summed E-state index contributed by atoms with van der Waals surface area (Å²) < 4.78 is 5.27. The molecule has 1 N–H and O–H groups in total. The fraction of sp³-hybridized carbons (Fsp3) is 0.929. The third kappa shape index (κ3) is 1.86. The number of nitrogens with zero attached hydrogens (tertiary/aromatic N) is 1. The summed E-state index contributed by atoms with van der Waals surface area (Å²) in [5.74, 6) is 0.658. The molecule has 1 spiro atoms. The van der Waals surface area contributed by atoms with E-state index in [1.165, 1.54) is 12.8 Å². The van der Waals surface area contributed by atoms with Crippen molar-refractivity contribution in [3.05, 3.63) is 0 Å². The molecule has 1 heterocycles. The molecule has 0 aromatic heterocycles. The molecule has 4 heteroatoms. The molecule has 102 valence electrons. The minimum atomic E-state index is 0.0303. The molecule has 1 saturated heterocycles. The molecule has 0 aromatic carbocycles. The van der Waals surface area contributed by atoms with Crippen molar-refractivity contribution in [1.29, 1.82) is 0 Å². The maximum atomic E-state index is 12.6. The summed E-state index contributed by atoms with van der Waals surface area (Å²) in [6.45, 7) is 2.85. The monoisotopic (exact) mass is 252 g/mol. The lowest BCUT2D eigenvalue weighted by molar-refractivity contribution is -0.136. The van der Waals surface area contributed by atoms with Gasteiger partial charge >= 0.3 is 0 Å². The first-order chi connectivity index (χ1) is 8.64. The van der Waals surface area contributed by atoms with Crippen LogP contribution in [0, 0.1) is 11.3 Å². The highest BCUT2D eigenvalue weighted by Gasteiger charge is 2.61. The van der Waals surface area contributed by atoms with Gasteiger partial charge in [0, 0.05) is 20.1 Å². The highest BCUT2D eigenvalue weighted by atomic mass is 16.5. The predicted molar refractivity (Wildman–Crippen MR) is 69.3 cm³/mol. The standard InChI is InChI=1S/C14H24N2O2/c1-16(14(3-4-14)10-18-2)12(17)11-9-13(11)5-7-15-8-6-13/h11,15H,3-10H2,1-2H3/t11-/m0/s1. The van der Waals surface area contributed by atoms with E-state index < -0.39 is 0 Å². The first-order valence-corrected chi connectivity index (χ1v) is 7.11. The Kier molecular flexibility index (Phi) is 2.90. The number of rotatable bonds is 4. The average Bonchev–Trinajstić information content (AvgIpc) is 3.28. The number of methoxy groups -OCH3 is 1. The molecule has 3 aliphatic rings. The number of carbonyl (C=O) groups excluding carboxylic acids is 1. The second-order valence-electron chi connectivity index (χ2n) is 6.42. The fourth-order valence-corrected chi connectivity index (χ4v) is 3.63. The molecule has 4 nitrogen and oxygen atoms in total. The lowest BCUT2D eigenvalue weighted by Gasteiger charge is -2.30. The summed E-state index contributed by atoms with van der Waals surface area (Å²) in [4.78, 5) is 14.6. The molecule has 1 atom stereocenters. The number of hydrogen-bond donors (Lipinski definition) is 1. The summed E-state index contributed by atoms with van der Waals surface area (Å²) in [7, 11) is 3.70. The number of carbonyl (C=O) groups is 1. The predicted octanol–water partition coefficient (Wildman–Crippen LogP) is 1.01. The van der Waals surface area contributed by atoms with Gasteiger partial charge in [-0.3, -0.25) is 4.79 Å². The number of piperidine rings is 1. The molecule has 3 rings (SSSR count). The van der Waals surface area contributed by atoms with Gasteiger partial charge in [-0.05, 0) is 50.6 Å². The maximum absolute atomic E-state index is 12.6. The zero-order chi connectivity index (χ0) is 12.8. The largest absolute Gasteiger partial charge is 0.382 e. The average molecular weight is 252 g/mol. The Morgan fingerprint density at radius 3 is 2.56 bits per heavy atom. The molecule has 0 radical (unpaired) electrons. The minimum Gasteiger partial charge on any atom is -0.382 e. The van der Waals surface area contributed by atoms with Crippen LogP contribution in [0.3, 0.4) is 0 Å². The van der Waals surface area contributed by atoms with Gasteiger partial charge in [0.05, 0.1) is 12.1 Å². The number of amides is 1. The highest BCUT2D eigenvalue weighted by molar-refractivity contribution is 5.83. The number of ether oxygens (including phenoxy) is 1. The van der Waals surface area contributed by atoms with Crippen LogP contribution in [0.15, 0.2) is 0 Å². The van der Waals surface area contributed by atoms with Crippen LogP contribution in [-0.4, -0.2) is 50.2 Å². The molecule has 18 heavy (non-hydrogen) atoms. The van der Waals surface area contributed by atoms with Crippen molar-refractivity contribution in [3.8, 4) is 0 Å². The molecule has 0 bridgehead atoms. The second kappa shape index (κ2) is 4.20. The minimum absolute atomic E-state index is 0.0303. The van der Waals surface area contributed by atoms with Crippen molar-refractivity contribution in [2.24, 2.45) is 11.3 Å². The molecule has 0 aromatic rings. The van der Waals surface area contributed by atoms with E-state index in [4.69, 9.17) is 4.74 Å². The lowest BCUT2D eigenvalue weighted by Crippen LogP contribution is -2.44. The van der Waals surface area contributed by atoms with Crippen molar-refractivity contribution < 1.29 is 9.53 Å². The molecule has 2 aliphatic carbocycles. The quantitative estimate of drug-likeness (QED) is 0.812. The van der Waals surface area contributed by atoms with E-state index in [0.717, 1.165) is 32.4 Å². The normalized spacial score (nSPS) is 31.1. The SMILES string of the molecule is COCC1(N(C)C(=O)[C@@H]2CC23CCNCC3)CC1. The van der Waals surface area contributed by atoms with E-state index in [2.05, 4.69) is 5.32 Å². The van der Waals surface area contributed by atoms with Crippen molar-refractivity contribution in [2.45, 2.75) is 37.6 Å². The van der Waals surface area contributed by atoms with Gasteiger partial charge in [-0.25, -0.2) is 0 Å². The Morgan fingerprint density at radius 1 is 1.33 bits per heavy atom. The van der Waals surface area contributed by atoms with Gasteiger partial charge in [0.15, 0.2) is 0 Å². The number of likely N-dealkylation sites (N-methyl/N-ethyl adjacent to an activating group) is 1. The van der Waals surface area contributed by atoms with Crippen LogP contribution in [0.2, 0.25) is 0 Å². The van der Waals surface area contributed by atoms with Crippen molar-refractivity contribution in [3.63, 3.8) is 0 Å². The van der Waals surface area contributed by atoms with Gasteiger partial charge in [0.1, 0.15) is 0 Å². The van der Waals surface area contributed by atoms with Crippen molar-refractivity contribution in [2.75, 3.05) is 33.9 Å². The summed E-state index contributed by atoms with van der Waals surface area (Å²) >= 11 is 0. The van der Waals surface area contributed by atoms with E-state index in [9.17, 15) is 4.79 Å². The fourth-order valence-electron chi connectivity index (χ4n) is 3.63. The van der Waals surface area contributed by atoms with Crippen LogP contribution in [0.25, 0.3) is 0 Å². The summed E-state index contributed by atoms with van der Waals surface area (Å²) in [5.41, 5.74) is 0.377. The van der Waals surface area contributed by atoms with E-state index in [-0.39, 0.29) is 5.54 Å². The van der Waals surface area contributed by atoms with Gasteiger partial charge in [-0.1, -0.05) is 0 Å². The summed E-state index contributed by atoms with van der Waals surface area (Å²) in [5, 5.41) is 3.39. The van der Waals surface area contributed by atoms with Gasteiger partial charge in [-0.15, -0.1) is 0 Å². The van der Waals surface area contributed by atoms with E-state index in [1.807, 2.05) is 11.9 Å². The smallest absolute Gasteiger partial charge is 0.226 e. The molecular formula is C14H24N2O2. The molecule has 1 amide bonds. The Morgan fingerprint density at radius 2 is 2.00 bits per heavy atom. The van der Waals surface area contributed by atoms with E-state index in [0.29, 0.717) is 23.8 Å². The Bertz CT molecular complexity index is 346. The second-order valence-corrected chi connectivity index (χ2v) is 6.42. The van der Waals surface area contributed by atoms with E-state index >= 15 is 0 Å². The Hall–Kier alpha value is -0.610. The van der Waals surface area contributed by atoms with Crippen molar-refractivity contribution in [1.82, 2.24) is 10.2 Å². The van der Waals surface area contributed by atoms with Crippen LogP contribution in [0.1, 0.15) is 32.1 Å². The molecule has 1 aliphatic heterocycles. The summed E-state index contributed by atoms with van der Waals surface area (Å²) in [6, 6.07) is 0. The lowest BCUT2D eigenvalue weighted by atomic mass is 9.91. The third-order valence-corrected chi connectivity index (χ3v) is 5.37. The zero-order valence-electron chi connectivity index (χ0n) is 11.5. The molecule has 2 saturated carbocycles. The highest BCUT2D eigenvalue weighted by Crippen LogP contribution is 2.60. The van der Waals surface area contributed by atoms with Crippen LogP contribution in [-0.2, 0) is 9.53 Å². The van der Waals surface area contributed by atoms with E-state index in [1.54, 1.807) is 7.11 Å². The topological polar surface area (TPSA) is 41.6 Å². The maximum Gasteiger partial charge on any atom is 0.226 e. The van der Waals surface area contributed by atoms with Crippen LogP contribution >= 0.6 is 0 Å². The van der Waals surface area contributed by atoms with Gasteiger partial charge < -0.3 is 15.0 Å². The van der Waals surface area contributed by atoms with Crippen molar-refractivity contribution >= 4 is 5.91 Å². The third-order valence-electron chi connectivity index (χ3n) is 5.37. The van der Waals surface area contributed by atoms with Crippen LogP contribution in [0.5, 0.6) is 0 Å². The molecule has 0 unspecified atom stereocenters. The van der Waals surface area contributed by atoms with Crippen LogP contribution in [0.4, 0.5) is 0 Å². The summed E-state index contributed by atoms with van der Waals surface area (Å²) in [6.07, 6.45) is 5.67. The first kappa shape index (κ1) is 12.4. The van der Waals surface area contributed by atoms with Gasteiger partial charge in [0.25, 0.3) is 0 Å². The molecule has 3 fully saturated rings. The van der Waals surface area contributed by atoms with Gasteiger partial charge in [0.2, 0.25) is 5.91 Å².